The second-order valence-corrected chi connectivity index (χ2v) is 4.04. The van der Waals surface area contributed by atoms with Crippen LogP contribution in [0.15, 0.2) is 0 Å². The van der Waals surface area contributed by atoms with E-state index in [1.54, 1.807) is 0 Å². The lowest BCUT2D eigenvalue weighted by atomic mass is 10.1. The van der Waals surface area contributed by atoms with Crippen molar-refractivity contribution in [2.24, 2.45) is 0 Å². The zero-order valence-electron chi connectivity index (χ0n) is 8.82. The molecule has 0 aromatic heterocycles. The first-order valence-electron chi connectivity index (χ1n) is 5.40. The van der Waals surface area contributed by atoms with Crippen molar-refractivity contribution in [1.29, 1.82) is 0 Å². The fraction of sp³-hybridized carbons (Fsp3) is 0.900. The van der Waals surface area contributed by atoms with Crippen molar-refractivity contribution in [3.8, 4) is 0 Å². The Labute approximate surface area is 84.6 Å². The van der Waals surface area contributed by atoms with E-state index in [2.05, 4.69) is 19.2 Å². The van der Waals surface area contributed by atoms with Crippen molar-refractivity contribution < 1.29 is 9.53 Å². The molecule has 2 saturated heterocycles. The highest BCUT2D eigenvalue weighted by molar-refractivity contribution is 5.81. The Morgan fingerprint density at radius 1 is 1.64 bits per heavy atom. The first-order valence-corrected chi connectivity index (χ1v) is 5.40. The second kappa shape index (κ2) is 3.87. The molecule has 14 heavy (non-hydrogen) atoms. The topological polar surface area (TPSA) is 41.6 Å². The number of carbonyl (C=O) groups excluding carboxylic acids is 1. The number of hydrogen-bond acceptors (Lipinski definition) is 3. The third-order valence-electron chi connectivity index (χ3n) is 3.19. The molecule has 0 radical (unpaired) electrons. The van der Waals surface area contributed by atoms with Crippen molar-refractivity contribution in [2.45, 2.75) is 45.0 Å². The van der Waals surface area contributed by atoms with E-state index in [1.807, 2.05) is 4.90 Å². The van der Waals surface area contributed by atoms with Crippen molar-refractivity contribution in [3.05, 3.63) is 0 Å². The monoisotopic (exact) mass is 198 g/mol. The zero-order valence-corrected chi connectivity index (χ0v) is 8.82. The molecule has 0 bridgehead atoms. The highest BCUT2D eigenvalue weighted by atomic mass is 16.5. The van der Waals surface area contributed by atoms with Crippen LogP contribution in [0.5, 0.6) is 0 Å². The minimum Gasteiger partial charge on any atom is -0.376 e. The summed E-state index contributed by atoms with van der Waals surface area (Å²) in [5, 5.41) is 3.22. The van der Waals surface area contributed by atoms with E-state index < -0.39 is 0 Å². The highest BCUT2D eigenvalue weighted by Crippen LogP contribution is 2.24. The molecule has 4 heteroatoms. The molecular formula is C10H18N2O2. The summed E-state index contributed by atoms with van der Waals surface area (Å²) in [5.74, 6) is 0.221. The number of nitrogens with zero attached hydrogens (tertiary/aromatic N) is 1. The van der Waals surface area contributed by atoms with Crippen LogP contribution in [0.25, 0.3) is 0 Å². The number of nitrogens with one attached hydrogen (secondary N) is 1. The maximum Gasteiger partial charge on any atom is 0.238 e. The minimum absolute atomic E-state index is 0.188. The average molecular weight is 198 g/mol. The lowest BCUT2D eigenvalue weighted by molar-refractivity contribution is -0.131. The maximum atomic E-state index is 11.7. The molecule has 80 valence electrons. The van der Waals surface area contributed by atoms with Gasteiger partial charge in [0.25, 0.3) is 0 Å². The quantitative estimate of drug-likeness (QED) is 0.695. The predicted octanol–water partition coefficient (Wildman–Crippen LogP) is 0.332. The van der Waals surface area contributed by atoms with Gasteiger partial charge < -0.3 is 9.64 Å². The number of carbonyl (C=O) groups is 1. The molecule has 4 nitrogen and oxygen atoms in total. The molecule has 0 aliphatic carbocycles. The Balaban J connectivity index is 2.10. The number of amides is 1. The summed E-state index contributed by atoms with van der Waals surface area (Å²) in [6.07, 6.45) is 2.35. The van der Waals surface area contributed by atoms with Gasteiger partial charge in [0.05, 0.1) is 24.9 Å². The van der Waals surface area contributed by atoms with Crippen molar-refractivity contribution in [1.82, 2.24) is 10.2 Å². The first-order chi connectivity index (χ1) is 6.74. The van der Waals surface area contributed by atoms with Crippen LogP contribution in [0.4, 0.5) is 0 Å². The van der Waals surface area contributed by atoms with Crippen LogP contribution in [0.1, 0.15) is 26.7 Å². The van der Waals surface area contributed by atoms with Crippen LogP contribution in [-0.4, -0.2) is 42.3 Å². The Kier molecular flexibility index (Phi) is 2.74. The molecule has 2 aliphatic rings. The van der Waals surface area contributed by atoms with Gasteiger partial charge in [-0.3, -0.25) is 10.1 Å². The van der Waals surface area contributed by atoms with Crippen LogP contribution < -0.4 is 5.32 Å². The predicted molar refractivity (Wildman–Crippen MR) is 52.7 cm³/mol. The third-order valence-corrected chi connectivity index (χ3v) is 3.19. The van der Waals surface area contributed by atoms with Gasteiger partial charge in [0, 0.05) is 6.61 Å². The van der Waals surface area contributed by atoms with Gasteiger partial charge in [-0.05, 0) is 19.8 Å². The van der Waals surface area contributed by atoms with Crippen LogP contribution in [0.2, 0.25) is 0 Å². The summed E-state index contributed by atoms with van der Waals surface area (Å²) < 4.78 is 5.50. The molecule has 0 aromatic rings. The average Bonchev–Trinajstić information content (AvgIpc) is 2.72. The van der Waals surface area contributed by atoms with E-state index in [4.69, 9.17) is 4.74 Å². The third kappa shape index (κ3) is 1.53. The summed E-state index contributed by atoms with van der Waals surface area (Å²) in [6.45, 7) is 5.42. The summed E-state index contributed by atoms with van der Waals surface area (Å²) in [7, 11) is 0. The van der Waals surface area contributed by atoms with Gasteiger partial charge in [-0.2, -0.15) is 0 Å². The van der Waals surface area contributed by atoms with Gasteiger partial charge >= 0.3 is 0 Å². The van der Waals surface area contributed by atoms with E-state index in [1.165, 1.54) is 0 Å². The normalized spacial score (nSPS) is 38.3. The molecule has 2 aliphatic heterocycles. The molecule has 3 atom stereocenters. The fourth-order valence-corrected chi connectivity index (χ4v) is 2.41. The Bertz CT molecular complexity index is 232. The second-order valence-electron chi connectivity index (χ2n) is 4.04. The molecule has 2 fully saturated rings. The summed E-state index contributed by atoms with van der Waals surface area (Å²) in [5.41, 5.74) is 0. The first kappa shape index (κ1) is 9.93. The Morgan fingerprint density at radius 2 is 2.43 bits per heavy atom. The van der Waals surface area contributed by atoms with Gasteiger partial charge in [0.15, 0.2) is 0 Å². The molecule has 1 amide bonds. The van der Waals surface area contributed by atoms with Crippen molar-refractivity contribution in [3.63, 3.8) is 0 Å². The zero-order chi connectivity index (χ0) is 10.1. The standard InChI is InChI=1S/C10H18N2O2/c1-3-9-11-6-10(13)12(9)8-4-5-14-7(8)2/h7-9,11H,3-6H2,1-2H3. The fourth-order valence-electron chi connectivity index (χ4n) is 2.41. The molecule has 0 saturated carbocycles. The van der Waals surface area contributed by atoms with Gasteiger partial charge in [0.2, 0.25) is 5.91 Å². The van der Waals surface area contributed by atoms with E-state index in [9.17, 15) is 4.79 Å². The van der Waals surface area contributed by atoms with Crippen LogP contribution in [0.3, 0.4) is 0 Å². The summed E-state index contributed by atoms with van der Waals surface area (Å²) >= 11 is 0. The van der Waals surface area contributed by atoms with E-state index >= 15 is 0 Å². The molecular weight excluding hydrogens is 180 g/mol. The van der Waals surface area contributed by atoms with E-state index in [0.717, 1.165) is 19.4 Å². The Morgan fingerprint density at radius 3 is 3.00 bits per heavy atom. The van der Waals surface area contributed by atoms with E-state index in [-0.39, 0.29) is 24.2 Å². The van der Waals surface area contributed by atoms with Crippen LogP contribution in [0, 0.1) is 0 Å². The SMILES string of the molecule is CCC1NCC(=O)N1C1CCOC1C. The van der Waals surface area contributed by atoms with Gasteiger partial charge in [-0.1, -0.05) is 6.92 Å². The lowest BCUT2D eigenvalue weighted by Gasteiger charge is -2.31. The van der Waals surface area contributed by atoms with E-state index in [0.29, 0.717) is 6.54 Å². The number of rotatable bonds is 2. The van der Waals surface area contributed by atoms with Gasteiger partial charge in [-0.15, -0.1) is 0 Å². The largest absolute Gasteiger partial charge is 0.376 e. The maximum absolute atomic E-state index is 11.7. The van der Waals surface area contributed by atoms with Gasteiger partial charge in [-0.25, -0.2) is 0 Å². The molecule has 0 aromatic carbocycles. The summed E-state index contributed by atoms with van der Waals surface area (Å²) in [6, 6.07) is 0.280. The minimum atomic E-state index is 0.188. The Hall–Kier alpha value is -0.610. The van der Waals surface area contributed by atoms with Gasteiger partial charge in [0.1, 0.15) is 0 Å². The molecule has 3 unspecified atom stereocenters. The summed E-state index contributed by atoms with van der Waals surface area (Å²) in [4.78, 5) is 13.7. The van der Waals surface area contributed by atoms with Crippen molar-refractivity contribution in [2.75, 3.05) is 13.2 Å². The molecule has 2 heterocycles. The van der Waals surface area contributed by atoms with Crippen molar-refractivity contribution >= 4 is 5.91 Å². The highest BCUT2D eigenvalue weighted by Gasteiger charge is 2.39. The molecule has 0 spiro atoms. The molecule has 1 N–H and O–H groups in total. The molecule has 2 rings (SSSR count). The van der Waals surface area contributed by atoms with Crippen LogP contribution >= 0.6 is 0 Å². The van der Waals surface area contributed by atoms with Crippen LogP contribution in [-0.2, 0) is 9.53 Å². The lowest BCUT2D eigenvalue weighted by Crippen LogP contribution is -2.47. The number of ether oxygens (including phenoxy) is 1. The smallest absolute Gasteiger partial charge is 0.238 e. The number of hydrogen-bond donors (Lipinski definition) is 1.